The molecular weight excluding hydrogens is 917 g/mol. The summed E-state index contributed by atoms with van der Waals surface area (Å²) in [5.41, 5.74) is 18.9. The van der Waals surface area contributed by atoms with E-state index in [2.05, 4.69) is 306 Å². The predicted octanol–water partition coefficient (Wildman–Crippen LogP) is 21.0. The molecule has 0 atom stereocenters. The first-order chi connectivity index (χ1) is 37.0. The number of nitrogens with zero attached hydrogens (tertiary/aromatic N) is 2. The van der Waals surface area contributed by atoms with Gasteiger partial charge in [0.1, 0.15) is 0 Å². The molecule has 0 N–H and O–H groups in total. The maximum absolute atomic E-state index is 2.55. The molecule has 1 heterocycles. The average Bonchev–Trinajstić information content (AvgIpc) is 3.87. The Bertz CT molecular complexity index is 4330. The summed E-state index contributed by atoms with van der Waals surface area (Å²) in [5.74, 6) is 0. The van der Waals surface area contributed by atoms with Crippen LogP contribution in [-0.2, 0) is 10.8 Å². The van der Waals surface area contributed by atoms with Crippen molar-refractivity contribution in [3.8, 4) is 50.2 Å². The summed E-state index contributed by atoms with van der Waals surface area (Å²) in [6.45, 7) is 14.0. The molecule has 0 spiro atoms. The second-order valence-corrected chi connectivity index (χ2v) is 22.5. The molecule has 0 aliphatic carbocycles. The maximum atomic E-state index is 2.55. The minimum Gasteiger partial charge on any atom is -0.309 e. The van der Waals surface area contributed by atoms with Crippen LogP contribution in [0.4, 0.5) is 17.1 Å². The third kappa shape index (κ3) is 8.04. The van der Waals surface area contributed by atoms with E-state index in [0.29, 0.717) is 0 Å². The van der Waals surface area contributed by atoms with E-state index in [4.69, 9.17) is 0 Å². The number of anilines is 3. The molecule has 0 saturated heterocycles. The van der Waals surface area contributed by atoms with E-state index in [-0.39, 0.29) is 10.8 Å². The zero-order valence-electron chi connectivity index (χ0n) is 44.1. The van der Waals surface area contributed by atoms with Gasteiger partial charge in [0.25, 0.3) is 0 Å². The Balaban J connectivity index is 1.08. The van der Waals surface area contributed by atoms with Crippen molar-refractivity contribution < 1.29 is 0 Å². The highest BCUT2D eigenvalue weighted by molar-refractivity contribution is 6.15. The molecule has 0 fully saturated rings. The number of hydrogen-bond donors (Lipinski definition) is 0. The van der Waals surface area contributed by atoms with E-state index in [1.807, 2.05) is 0 Å². The third-order valence-electron chi connectivity index (χ3n) is 15.7. The lowest BCUT2D eigenvalue weighted by Gasteiger charge is -2.32. The van der Waals surface area contributed by atoms with Crippen LogP contribution >= 0.6 is 0 Å². The molecule has 0 unspecified atom stereocenters. The second kappa shape index (κ2) is 18.4. The van der Waals surface area contributed by atoms with Crippen LogP contribution in [0.2, 0.25) is 0 Å². The summed E-state index contributed by atoms with van der Waals surface area (Å²) in [6, 6.07) is 94.8. The maximum Gasteiger partial charge on any atom is 0.0541 e. The Morgan fingerprint density at radius 3 is 1.49 bits per heavy atom. The highest BCUT2D eigenvalue weighted by atomic mass is 15.1. The van der Waals surface area contributed by atoms with Crippen molar-refractivity contribution in [1.29, 1.82) is 0 Å². The minimum absolute atomic E-state index is 0.0298. The summed E-state index contributed by atoms with van der Waals surface area (Å²) in [6.07, 6.45) is 0. The Kier molecular flexibility index (Phi) is 11.4. The number of aromatic nitrogens is 1. The first-order valence-electron chi connectivity index (χ1n) is 26.8. The number of fused-ring (bicyclic) bond motifs is 7. The van der Waals surface area contributed by atoms with E-state index >= 15 is 0 Å². The summed E-state index contributed by atoms with van der Waals surface area (Å²) >= 11 is 0. The summed E-state index contributed by atoms with van der Waals surface area (Å²) in [4.78, 5) is 2.55. The molecule has 0 bridgehead atoms. The van der Waals surface area contributed by atoms with E-state index in [1.54, 1.807) is 0 Å². The normalized spacial score (nSPS) is 12.1. The van der Waals surface area contributed by atoms with Gasteiger partial charge in [-0.3, -0.25) is 0 Å². The number of benzene rings is 12. The molecule has 2 nitrogen and oxygen atoms in total. The summed E-state index contributed by atoms with van der Waals surface area (Å²) < 4.78 is 2.40. The van der Waals surface area contributed by atoms with Gasteiger partial charge in [-0.05, 0) is 131 Å². The average molecular weight is 977 g/mol. The van der Waals surface area contributed by atoms with Crippen LogP contribution in [0, 0.1) is 0 Å². The van der Waals surface area contributed by atoms with Gasteiger partial charge in [-0.1, -0.05) is 248 Å². The van der Waals surface area contributed by atoms with Crippen molar-refractivity contribution in [3.05, 3.63) is 266 Å². The van der Waals surface area contributed by atoms with Gasteiger partial charge < -0.3 is 9.47 Å². The third-order valence-corrected chi connectivity index (χ3v) is 15.7. The molecule has 0 aliphatic heterocycles. The van der Waals surface area contributed by atoms with Crippen molar-refractivity contribution in [3.63, 3.8) is 0 Å². The molecule has 1 aromatic heterocycles. The van der Waals surface area contributed by atoms with Gasteiger partial charge in [0, 0.05) is 33.2 Å². The SMILES string of the molecule is CC(C)(C)c1cc(-c2cccc3cccc(-c4ccccc4N(c4ccccc4-c4ccc5c(c4)c4ccccc4n5-c4ccccc4)c4ccccc4-c4cccc5c4ccc4ccccc45)c23)cc(C(C)(C)C)c1. The molecule has 366 valence electrons. The van der Waals surface area contributed by atoms with Gasteiger partial charge in [0.2, 0.25) is 0 Å². The molecular formula is C74H60N2. The van der Waals surface area contributed by atoms with E-state index in [1.165, 1.54) is 87.5 Å². The number of hydrogen-bond acceptors (Lipinski definition) is 1. The van der Waals surface area contributed by atoms with Crippen molar-refractivity contribution in [2.45, 2.75) is 52.4 Å². The molecule has 12 aromatic carbocycles. The zero-order valence-corrected chi connectivity index (χ0v) is 44.1. The Hall–Kier alpha value is -8.98. The smallest absolute Gasteiger partial charge is 0.0541 e. The van der Waals surface area contributed by atoms with E-state index in [0.717, 1.165) is 45.0 Å². The van der Waals surface area contributed by atoms with Gasteiger partial charge in [0.15, 0.2) is 0 Å². The molecule has 0 radical (unpaired) electrons. The molecule has 0 amide bonds. The van der Waals surface area contributed by atoms with Crippen LogP contribution in [-0.4, -0.2) is 4.57 Å². The van der Waals surface area contributed by atoms with Crippen LogP contribution in [0.3, 0.4) is 0 Å². The predicted molar refractivity (Wildman–Crippen MR) is 327 cm³/mol. The topological polar surface area (TPSA) is 8.17 Å². The van der Waals surface area contributed by atoms with Crippen molar-refractivity contribution in [1.82, 2.24) is 4.57 Å². The largest absolute Gasteiger partial charge is 0.309 e. The van der Waals surface area contributed by atoms with E-state index in [9.17, 15) is 0 Å². The van der Waals surface area contributed by atoms with Gasteiger partial charge in [-0.15, -0.1) is 0 Å². The molecule has 2 heteroatoms. The zero-order chi connectivity index (χ0) is 51.7. The molecule has 13 rings (SSSR count). The number of para-hydroxylation sites is 5. The van der Waals surface area contributed by atoms with Crippen LogP contribution in [0.15, 0.2) is 255 Å². The Morgan fingerprint density at radius 2 is 0.789 bits per heavy atom. The number of rotatable bonds is 8. The van der Waals surface area contributed by atoms with E-state index < -0.39 is 0 Å². The first kappa shape index (κ1) is 46.8. The molecule has 76 heavy (non-hydrogen) atoms. The van der Waals surface area contributed by atoms with Crippen LogP contribution in [0.5, 0.6) is 0 Å². The van der Waals surface area contributed by atoms with Gasteiger partial charge >= 0.3 is 0 Å². The lowest BCUT2D eigenvalue weighted by atomic mass is 9.78. The van der Waals surface area contributed by atoms with Crippen molar-refractivity contribution in [2.75, 3.05) is 4.90 Å². The Labute approximate surface area is 446 Å². The van der Waals surface area contributed by atoms with Crippen LogP contribution in [0.1, 0.15) is 52.7 Å². The molecule has 0 aliphatic rings. The van der Waals surface area contributed by atoms with Crippen molar-refractivity contribution in [2.24, 2.45) is 0 Å². The summed E-state index contributed by atoms with van der Waals surface area (Å²) in [5, 5.41) is 9.86. The van der Waals surface area contributed by atoms with Gasteiger partial charge in [-0.25, -0.2) is 0 Å². The minimum atomic E-state index is -0.0298. The monoisotopic (exact) mass is 976 g/mol. The molecule has 13 aromatic rings. The summed E-state index contributed by atoms with van der Waals surface area (Å²) in [7, 11) is 0. The Morgan fingerprint density at radius 1 is 0.289 bits per heavy atom. The van der Waals surface area contributed by atoms with Gasteiger partial charge in [-0.2, -0.15) is 0 Å². The van der Waals surface area contributed by atoms with Crippen LogP contribution < -0.4 is 4.90 Å². The lowest BCUT2D eigenvalue weighted by Crippen LogP contribution is -2.16. The highest BCUT2D eigenvalue weighted by Crippen LogP contribution is 2.51. The van der Waals surface area contributed by atoms with Crippen LogP contribution in [0.25, 0.3) is 104 Å². The quantitative estimate of drug-likeness (QED) is 0.138. The fourth-order valence-corrected chi connectivity index (χ4v) is 11.8. The molecule has 0 saturated carbocycles. The standard InChI is InChI=1S/C74H60N2/c1-73(2,3)53-45-52(46-54(48-53)74(4,5)6)58-33-20-24-50-25-21-36-65(72(50)58)63-31-14-19-40-70(63)76(69-39-18-13-30-62(69)60-35-22-34-59-56-28-11-10-23-49(56)41-43-61(59)60)67-37-16-12-29-57(67)51-42-44-71-66(47-51)64-32-15-17-38-68(64)75(71)55-26-8-7-9-27-55/h7-48H,1-6H3. The highest BCUT2D eigenvalue weighted by Gasteiger charge is 2.27. The lowest BCUT2D eigenvalue weighted by molar-refractivity contribution is 0.569. The van der Waals surface area contributed by atoms with Gasteiger partial charge in [0.05, 0.1) is 28.1 Å². The fourth-order valence-electron chi connectivity index (χ4n) is 11.8. The first-order valence-corrected chi connectivity index (χ1v) is 26.8. The fraction of sp³-hybridized carbons (Fsp3) is 0.108. The van der Waals surface area contributed by atoms with Crippen molar-refractivity contribution >= 4 is 71.2 Å². The second-order valence-electron chi connectivity index (χ2n) is 22.5.